The number of imidazole rings is 1. The highest BCUT2D eigenvalue weighted by molar-refractivity contribution is 9.10. The maximum atomic E-state index is 6.15. The van der Waals surface area contributed by atoms with Crippen LogP contribution in [-0.2, 0) is 4.74 Å². The number of anilines is 1. The Kier molecular flexibility index (Phi) is 5.46. The van der Waals surface area contributed by atoms with E-state index >= 15 is 0 Å². The summed E-state index contributed by atoms with van der Waals surface area (Å²) in [5, 5.41) is 4.00. The van der Waals surface area contributed by atoms with Crippen LogP contribution in [0.4, 0.5) is 5.95 Å². The van der Waals surface area contributed by atoms with Crippen molar-refractivity contribution in [1.82, 2.24) is 9.55 Å². The third-order valence-electron chi connectivity index (χ3n) is 2.83. The smallest absolute Gasteiger partial charge is 0.207 e. The summed E-state index contributed by atoms with van der Waals surface area (Å²) < 4.78 is 7.90. The van der Waals surface area contributed by atoms with Crippen molar-refractivity contribution in [3.05, 3.63) is 39.6 Å². The van der Waals surface area contributed by atoms with Crippen LogP contribution in [0, 0.1) is 6.92 Å². The van der Waals surface area contributed by atoms with Gasteiger partial charge in [-0.2, -0.15) is 0 Å². The van der Waals surface area contributed by atoms with Crippen molar-refractivity contribution in [2.24, 2.45) is 0 Å². The van der Waals surface area contributed by atoms with Gasteiger partial charge in [-0.25, -0.2) is 4.98 Å². The summed E-state index contributed by atoms with van der Waals surface area (Å²) in [6, 6.07) is 5.77. The molecule has 0 aliphatic heterocycles. The first-order chi connectivity index (χ1) is 9.63. The lowest BCUT2D eigenvalue weighted by Gasteiger charge is -2.12. The van der Waals surface area contributed by atoms with Crippen molar-refractivity contribution >= 4 is 33.5 Å². The van der Waals surface area contributed by atoms with Gasteiger partial charge in [0.25, 0.3) is 0 Å². The second-order valence-corrected chi connectivity index (χ2v) is 5.62. The molecule has 20 heavy (non-hydrogen) atoms. The molecule has 0 atom stereocenters. The largest absolute Gasteiger partial charge is 0.385 e. The molecule has 0 unspecified atom stereocenters. The first-order valence-corrected chi connectivity index (χ1v) is 7.53. The first kappa shape index (κ1) is 15.4. The van der Waals surface area contributed by atoms with Crippen LogP contribution in [0.15, 0.2) is 28.9 Å². The molecule has 0 aliphatic carbocycles. The molecule has 0 bridgehead atoms. The number of benzene rings is 1. The number of aromatic nitrogens is 2. The molecule has 1 aromatic carbocycles. The number of halogens is 2. The number of nitrogens with zero attached hydrogens (tertiary/aromatic N) is 2. The van der Waals surface area contributed by atoms with E-state index in [1.54, 1.807) is 7.11 Å². The summed E-state index contributed by atoms with van der Waals surface area (Å²) in [6.07, 6.45) is 2.91. The Morgan fingerprint density at radius 3 is 3.00 bits per heavy atom. The van der Waals surface area contributed by atoms with E-state index in [-0.39, 0.29) is 0 Å². The van der Waals surface area contributed by atoms with E-state index in [0.29, 0.717) is 5.02 Å². The number of rotatable bonds is 6. The van der Waals surface area contributed by atoms with Gasteiger partial charge in [-0.3, -0.25) is 4.57 Å². The Morgan fingerprint density at radius 1 is 1.45 bits per heavy atom. The predicted molar refractivity (Wildman–Crippen MR) is 86.0 cm³/mol. The van der Waals surface area contributed by atoms with Crippen LogP contribution >= 0.6 is 27.5 Å². The van der Waals surface area contributed by atoms with E-state index < -0.39 is 0 Å². The Morgan fingerprint density at radius 2 is 2.25 bits per heavy atom. The van der Waals surface area contributed by atoms with Gasteiger partial charge in [-0.15, -0.1) is 0 Å². The molecule has 0 fully saturated rings. The van der Waals surface area contributed by atoms with E-state index in [2.05, 4.69) is 26.2 Å². The number of ether oxygens (including phenoxy) is 1. The second-order valence-electron chi connectivity index (χ2n) is 4.42. The lowest BCUT2D eigenvalue weighted by molar-refractivity contribution is 0.197. The molecule has 1 heterocycles. The van der Waals surface area contributed by atoms with Crippen LogP contribution in [0.1, 0.15) is 12.1 Å². The van der Waals surface area contributed by atoms with Gasteiger partial charge >= 0.3 is 0 Å². The molecular weight excluding hydrogens is 342 g/mol. The minimum atomic E-state index is 0.680. The Bertz CT molecular complexity index is 586. The SMILES string of the molecule is COCCCNc1nc(C)cn1-c1cccc(Cl)c1Br. The van der Waals surface area contributed by atoms with Crippen LogP contribution in [-0.4, -0.2) is 29.8 Å². The monoisotopic (exact) mass is 357 g/mol. The number of aryl methyl sites for hydroxylation is 1. The fraction of sp³-hybridized carbons (Fsp3) is 0.357. The third kappa shape index (κ3) is 3.53. The maximum absolute atomic E-state index is 6.15. The normalized spacial score (nSPS) is 10.8. The van der Waals surface area contributed by atoms with Gasteiger partial charge in [0.05, 0.1) is 20.9 Å². The third-order valence-corrected chi connectivity index (χ3v) is 4.20. The molecule has 2 rings (SSSR count). The first-order valence-electron chi connectivity index (χ1n) is 6.36. The molecule has 0 aliphatic rings. The maximum Gasteiger partial charge on any atom is 0.207 e. The summed E-state index contributed by atoms with van der Waals surface area (Å²) in [4.78, 5) is 4.50. The highest BCUT2D eigenvalue weighted by atomic mass is 79.9. The van der Waals surface area contributed by atoms with E-state index in [4.69, 9.17) is 16.3 Å². The molecule has 108 valence electrons. The predicted octanol–water partition coefficient (Wildman–Crippen LogP) is 4.05. The number of nitrogens with one attached hydrogen (secondary N) is 1. The van der Waals surface area contributed by atoms with E-state index in [0.717, 1.165) is 41.4 Å². The zero-order chi connectivity index (χ0) is 14.5. The molecule has 1 aromatic heterocycles. The second kappa shape index (κ2) is 7.11. The fourth-order valence-electron chi connectivity index (χ4n) is 1.90. The molecule has 4 nitrogen and oxygen atoms in total. The van der Waals surface area contributed by atoms with Crippen molar-refractivity contribution in [1.29, 1.82) is 0 Å². The lowest BCUT2D eigenvalue weighted by atomic mass is 10.3. The van der Waals surface area contributed by atoms with E-state index in [9.17, 15) is 0 Å². The lowest BCUT2D eigenvalue weighted by Crippen LogP contribution is -2.09. The highest BCUT2D eigenvalue weighted by Gasteiger charge is 2.11. The van der Waals surface area contributed by atoms with Crippen LogP contribution in [0.3, 0.4) is 0 Å². The minimum Gasteiger partial charge on any atom is -0.385 e. The molecule has 0 amide bonds. The Hall–Kier alpha value is -1.04. The summed E-state index contributed by atoms with van der Waals surface area (Å²) in [5.41, 5.74) is 1.92. The Balaban J connectivity index is 2.25. The molecule has 0 spiro atoms. The van der Waals surface area contributed by atoms with Gasteiger partial charge in [-0.05, 0) is 41.4 Å². The average molecular weight is 359 g/mol. The van der Waals surface area contributed by atoms with Crippen LogP contribution in [0.2, 0.25) is 5.02 Å². The molecular formula is C14H17BrClN3O. The van der Waals surface area contributed by atoms with Crippen LogP contribution in [0.5, 0.6) is 0 Å². The van der Waals surface area contributed by atoms with Gasteiger partial charge in [0.2, 0.25) is 5.95 Å². The molecule has 0 saturated heterocycles. The summed E-state index contributed by atoms with van der Waals surface area (Å²) in [6.45, 7) is 3.51. The Labute approximate surface area is 132 Å². The van der Waals surface area contributed by atoms with Crippen molar-refractivity contribution in [3.63, 3.8) is 0 Å². The van der Waals surface area contributed by atoms with Gasteiger partial charge in [0.15, 0.2) is 0 Å². The molecule has 0 radical (unpaired) electrons. The average Bonchev–Trinajstić information content (AvgIpc) is 2.79. The van der Waals surface area contributed by atoms with Crippen LogP contribution in [0.25, 0.3) is 5.69 Å². The van der Waals surface area contributed by atoms with Crippen molar-refractivity contribution in [2.45, 2.75) is 13.3 Å². The summed E-state index contributed by atoms with van der Waals surface area (Å²) in [5.74, 6) is 0.807. The quantitative estimate of drug-likeness (QED) is 0.792. The highest BCUT2D eigenvalue weighted by Crippen LogP contribution is 2.30. The topological polar surface area (TPSA) is 39.1 Å². The van der Waals surface area contributed by atoms with Gasteiger partial charge in [0.1, 0.15) is 0 Å². The molecule has 6 heteroatoms. The van der Waals surface area contributed by atoms with Crippen LogP contribution < -0.4 is 5.32 Å². The summed E-state index contributed by atoms with van der Waals surface area (Å²) >= 11 is 9.68. The molecule has 0 saturated carbocycles. The number of hydrogen-bond acceptors (Lipinski definition) is 3. The zero-order valence-electron chi connectivity index (χ0n) is 11.5. The fourth-order valence-corrected chi connectivity index (χ4v) is 2.53. The number of methoxy groups -OCH3 is 1. The molecule has 1 N–H and O–H groups in total. The van der Waals surface area contributed by atoms with Gasteiger partial charge < -0.3 is 10.1 Å². The van der Waals surface area contributed by atoms with Crippen molar-refractivity contribution in [2.75, 3.05) is 25.6 Å². The van der Waals surface area contributed by atoms with E-state index in [1.165, 1.54) is 0 Å². The van der Waals surface area contributed by atoms with Gasteiger partial charge in [0, 0.05) is 26.5 Å². The van der Waals surface area contributed by atoms with Gasteiger partial charge in [-0.1, -0.05) is 17.7 Å². The van der Waals surface area contributed by atoms with Crippen molar-refractivity contribution in [3.8, 4) is 5.69 Å². The van der Waals surface area contributed by atoms with E-state index in [1.807, 2.05) is 35.9 Å². The van der Waals surface area contributed by atoms with Crippen molar-refractivity contribution < 1.29 is 4.74 Å². The zero-order valence-corrected chi connectivity index (χ0v) is 13.8. The summed E-state index contributed by atoms with van der Waals surface area (Å²) in [7, 11) is 1.70. The minimum absolute atomic E-state index is 0.680. The standard InChI is InChI=1S/C14H17BrClN3O/c1-10-9-19(12-6-3-5-11(16)13(12)15)14(18-10)17-7-4-8-20-2/h3,5-6,9H,4,7-8H2,1-2H3,(H,17,18). The molecule has 2 aromatic rings. The number of hydrogen-bond donors (Lipinski definition) is 1.